The minimum Gasteiger partial charge on any atom is -0.388 e. The maximum absolute atomic E-state index is 9.36. The second-order valence-electron chi connectivity index (χ2n) is 4.80. The van der Waals surface area contributed by atoms with E-state index in [0.717, 1.165) is 15.6 Å². The van der Waals surface area contributed by atoms with Crippen molar-refractivity contribution in [2.75, 3.05) is 0 Å². The number of aromatic nitrogens is 2. The Hall–Kier alpha value is -0.680. The highest BCUT2D eigenvalue weighted by molar-refractivity contribution is 7.99. The van der Waals surface area contributed by atoms with E-state index in [1.165, 1.54) is 11.8 Å². The molecule has 2 aromatic rings. The minimum atomic E-state index is -0.0763. The van der Waals surface area contributed by atoms with Crippen molar-refractivity contribution in [1.82, 2.24) is 9.55 Å². The summed E-state index contributed by atoms with van der Waals surface area (Å²) in [5.74, 6) is 0.967. The second-order valence-corrected chi connectivity index (χ2v) is 6.73. The Morgan fingerprint density at radius 1 is 1.25 bits per heavy atom. The smallest absolute Gasteiger partial charge is 0.135 e. The Bertz CT molecular complexity index is 606. The van der Waals surface area contributed by atoms with Gasteiger partial charge in [-0.2, -0.15) is 0 Å². The summed E-state index contributed by atoms with van der Waals surface area (Å²) in [6, 6.07) is 5.42. The van der Waals surface area contributed by atoms with Crippen LogP contribution in [0.4, 0.5) is 0 Å². The van der Waals surface area contributed by atoms with Crippen molar-refractivity contribution in [2.24, 2.45) is 7.05 Å². The normalized spacial score (nSPS) is 11.3. The number of aliphatic hydroxyl groups is 1. The average molecular weight is 331 g/mol. The Labute approximate surface area is 132 Å². The number of hydrogen-bond acceptors (Lipinski definition) is 3. The molecule has 0 aliphatic heterocycles. The third-order valence-electron chi connectivity index (χ3n) is 2.94. The number of halogens is 2. The van der Waals surface area contributed by atoms with Crippen LogP contribution in [0.2, 0.25) is 10.0 Å². The van der Waals surface area contributed by atoms with E-state index >= 15 is 0 Å². The molecule has 0 atom stereocenters. The fraction of sp³-hybridized carbons (Fsp3) is 0.357. The van der Waals surface area contributed by atoms with Gasteiger partial charge in [0.05, 0.1) is 5.69 Å². The van der Waals surface area contributed by atoms with Gasteiger partial charge in [-0.05, 0) is 24.1 Å². The summed E-state index contributed by atoms with van der Waals surface area (Å²) >= 11 is 13.5. The van der Waals surface area contributed by atoms with Gasteiger partial charge in [0.15, 0.2) is 0 Å². The first kappa shape index (κ1) is 15.7. The highest BCUT2D eigenvalue weighted by Gasteiger charge is 2.18. The van der Waals surface area contributed by atoms with E-state index in [-0.39, 0.29) is 6.61 Å². The Kier molecular flexibility index (Phi) is 5.02. The number of aliphatic hydroxyl groups excluding tert-OH is 1. The molecule has 1 aromatic carbocycles. The summed E-state index contributed by atoms with van der Waals surface area (Å²) in [5, 5.41) is 11.4. The van der Waals surface area contributed by atoms with Crippen molar-refractivity contribution in [3.05, 3.63) is 39.8 Å². The lowest BCUT2D eigenvalue weighted by molar-refractivity contribution is 0.266. The Balaban J connectivity index is 2.42. The van der Waals surface area contributed by atoms with Gasteiger partial charge in [0.25, 0.3) is 0 Å². The van der Waals surface area contributed by atoms with E-state index in [2.05, 4.69) is 18.8 Å². The fourth-order valence-corrected chi connectivity index (χ4v) is 3.96. The molecule has 3 nitrogen and oxygen atoms in total. The van der Waals surface area contributed by atoms with Gasteiger partial charge in [0.1, 0.15) is 17.5 Å². The lowest BCUT2D eigenvalue weighted by Crippen LogP contribution is -2.03. The van der Waals surface area contributed by atoms with E-state index in [1.54, 1.807) is 6.07 Å². The van der Waals surface area contributed by atoms with Crippen molar-refractivity contribution in [3.8, 4) is 0 Å². The first-order valence-corrected chi connectivity index (χ1v) is 7.80. The number of nitrogens with zero attached hydrogens (tertiary/aromatic N) is 2. The van der Waals surface area contributed by atoms with Crippen LogP contribution in [0.15, 0.2) is 28.1 Å². The molecular formula is C14H16Cl2N2OS. The molecule has 0 radical (unpaired) electrons. The monoisotopic (exact) mass is 330 g/mol. The van der Waals surface area contributed by atoms with Crippen LogP contribution in [0.5, 0.6) is 0 Å². The molecular weight excluding hydrogens is 315 g/mol. The molecule has 0 saturated carbocycles. The number of benzene rings is 1. The molecule has 20 heavy (non-hydrogen) atoms. The van der Waals surface area contributed by atoms with Gasteiger partial charge in [-0.3, -0.25) is 0 Å². The molecule has 0 saturated heterocycles. The zero-order valence-corrected chi connectivity index (χ0v) is 13.9. The van der Waals surface area contributed by atoms with E-state index < -0.39 is 0 Å². The van der Waals surface area contributed by atoms with Gasteiger partial charge in [-0.1, -0.05) is 48.8 Å². The molecule has 0 unspecified atom stereocenters. The van der Waals surface area contributed by atoms with Crippen LogP contribution >= 0.6 is 35.0 Å². The molecule has 0 bridgehead atoms. The summed E-state index contributed by atoms with van der Waals surface area (Å²) in [5.41, 5.74) is 1.09. The predicted octanol–water partition coefficient (Wildman–Crippen LogP) is 4.49. The Morgan fingerprint density at radius 3 is 2.35 bits per heavy atom. The van der Waals surface area contributed by atoms with Crippen LogP contribution in [0, 0.1) is 0 Å². The number of imidazole rings is 1. The molecule has 0 fully saturated rings. The third-order valence-corrected chi connectivity index (χ3v) is 4.34. The summed E-state index contributed by atoms with van der Waals surface area (Å²) in [7, 11) is 1.92. The summed E-state index contributed by atoms with van der Waals surface area (Å²) in [6.45, 7) is 4.13. The highest BCUT2D eigenvalue weighted by atomic mass is 35.5. The predicted molar refractivity (Wildman–Crippen MR) is 83.8 cm³/mol. The van der Waals surface area contributed by atoms with E-state index in [4.69, 9.17) is 23.2 Å². The van der Waals surface area contributed by atoms with Crippen LogP contribution in [-0.2, 0) is 13.7 Å². The molecule has 0 aliphatic rings. The molecule has 108 valence electrons. The summed E-state index contributed by atoms with van der Waals surface area (Å²) < 4.78 is 1.94. The molecule has 0 spiro atoms. The van der Waals surface area contributed by atoms with Crippen molar-refractivity contribution in [3.63, 3.8) is 0 Å². The van der Waals surface area contributed by atoms with Crippen LogP contribution in [0.1, 0.15) is 31.3 Å². The van der Waals surface area contributed by atoms with Gasteiger partial charge < -0.3 is 9.67 Å². The van der Waals surface area contributed by atoms with Crippen LogP contribution in [0.25, 0.3) is 0 Å². The van der Waals surface area contributed by atoms with Crippen LogP contribution < -0.4 is 0 Å². The first-order chi connectivity index (χ1) is 9.42. The molecule has 2 rings (SSSR count). The largest absolute Gasteiger partial charge is 0.388 e. The SMILES string of the molecule is CC(C)c1c(Sc2cc(Cl)cc(Cl)c2)nc(CO)n1C. The Morgan fingerprint density at radius 2 is 1.85 bits per heavy atom. The van der Waals surface area contributed by atoms with E-state index in [0.29, 0.717) is 21.8 Å². The van der Waals surface area contributed by atoms with Gasteiger partial charge in [-0.25, -0.2) is 4.98 Å². The summed E-state index contributed by atoms with van der Waals surface area (Å²) in [6.07, 6.45) is 0. The van der Waals surface area contributed by atoms with Gasteiger partial charge in [0, 0.05) is 22.0 Å². The molecule has 0 amide bonds. The van der Waals surface area contributed by atoms with Crippen LogP contribution in [-0.4, -0.2) is 14.7 Å². The van der Waals surface area contributed by atoms with Gasteiger partial charge >= 0.3 is 0 Å². The zero-order chi connectivity index (χ0) is 14.9. The first-order valence-electron chi connectivity index (χ1n) is 6.22. The van der Waals surface area contributed by atoms with Gasteiger partial charge in [0.2, 0.25) is 0 Å². The minimum absolute atomic E-state index is 0.0763. The molecule has 6 heteroatoms. The quantitative estimate of drug-likeness (QED) is 0.897. The summed E-state index contributed by atoms with van der Waals surface area (Å²) in [4.78, 5) is 5.43. The number of hydrogen-bond donors (Lipinski definition) is 1. The molecule has 1 heterocycles. The fourth-order valence-electron chi connectivity index (χ4n) is 2.08. The topological polar surface area (TPSA) is 38.1 Å². The number of rotatable bonds is 4. The average Bonchev–Trinajstić information content (AvgIpc) is 2.64. The zero-order valence-electron chi connectivity index (χ0n) is 11.5. The van der Waals surface area contributed by atoms with E-state index in [1.807, 2.05) is 23.7 Å². The second kappa shape index (κ2) is 6.39. The maximum Gasteiger partial charge on any atom is 0.135 e. The lowest BCUT2D eigenvalue weighted by Gasteiger charge is -2.10. The van der Waals surface area contributed by atoms with Crippen molar-refractivity contribution >= 4 is 35.0 Å². The van der Waals surface area contributed by atoms with E-state index in [9.17, 15) is 5.11 Å². The van der Waals surface area contributed by atoms with Crippen molar-refractivity contribution in [1.29, 1.82) is 0 Å². The molecule has 1 N–H and O–H groups in total. The lowest BCUT2D eigenvalue weighted by atomic mass is 10.1. The maximum atomic E-state index is 9.36. The third kappa shape index (κ3) is 3.31. The molecule has 0 aliphatic carbocycles. The highest BCUT2D eigenvalue weighted by Crippen LogP contribution is 2.36. The van der Waals surface area contributed by atoms with Gasteiger partial charge in [-0.15, -0.1) is 0 Å². The van der Waals surface area contributed by atoms with Crippen molar-refractivity contribution < 1.29 is 5.11 Å². The van der Waals surface area contributed by atoms with Crippen LogP contribution in [0.3, 0.4) is 0 Å². The standard InChI is InChI=1S/C14H16Cl2N2OS/c1-8(2)13-14(17-12(7-19)18(13)3)20-11-5-9(15)4-10(16)6-11/h4-6,8,19H,7H2,1-3H3. The molecule has 1 aromatic heterocycles. The van der Waals surface area contributed by atoms with Crippen molar-refractivity contribution in [2.45, 2.75) is 36.3 Å².